The molecule has 1 saturated carbocycles. The molecule has 3 aromatic rings. The van der Waals surface area contributed by atoms with E-state index in [1.165, 1.54) is 42.6 Å². The van der Waals surface area contributed by atoms with Gasteiger partial charge < -0.3 is 10.6 Å². The first-order valence-electron chi connectivity index (χ1n) is 11.0. The molecular formula is C24H22F5N5O. The minimum atomic E-state index is -2.76. The summed E-state index contributed by atoms with van der Waals surface area (Å²) in [6.45, 7) is 0.202. The van der Waals surface area contributed by atoms with Crippen molar-refractivity contribution in [2.45, 2.75) is 43.8 Å². The normalized spacial score (nSPS) is 15.8. The first-order chi connectivity index (χ1) is 16.7. The van der Waals surface area contributed by atoms with Gasteiger partial charge in [-0.25, -0.2) is 22.0 Å². The Morgan fingerprint density at radius 2 is 1.89 bits per heavy atom. The standard InChI is InChI=1S/C24H22F5N5O/c25-15(11-21-19(27)2-1-8-30-21)7-9-31-22-6-5-20(33-34-22)17-10-14(3-4-18(17)26)23(35)32-16-12-24(28,29)13-16/h1-6,8,10,15-16H,7,9,11-13H2,(H,31,34)(H,32,35)/t15-/m0/s1. The van der Waals surface area contributed by atoms with Gasteiger partial charge in [-0.15, -0.1) is 10.2 Å². The van der Waals surface area contributed by atoms with Crippen molar-refractivity contribution in [1.29, 1.82) is 0 Å². The summed E-state index contributed by atoms with van der Waals surface area (Å²) in [5, 5.41) is 13.3. The van der Waals surface area contributed by atoms with Crippen molar-refractivity contribution in [3.8, 4) is 11.3 Å². The second-order valence-corrected chi connectivity index (χ2v) is 8.38. The number of aromatic nitrogens is 3. The number of amides is 1. The van der Waals surface area contributed by atoms with Crippen LogP contribution in [0.3, 0.4) is 0 Å². The number of nitrogens with zero attached hydrogens (tertiary/aromatic N) is 3. The maximum Gasteiger partial charge on any atom is 0.252 e. The highest BCUT2D eigenvalue weighted by Gasteiger charge is 2.45. The first kappa shape index (κ1) is 24.5. The van der Waals surface area contributed by atoms with Crippen molar-refractivity contribution in [3.05, 3.63) is 71.6 Å². The van der Waals surface area contributed by atoms with Crippen LogP contribution in [-0.4, -0.2) is 45.8 Å². The molecule has 1 fully saturated rings. The van der Waals surface area contributed by atoms with Crippen LogP contribution in [0.2, 0.25) is 0 Å². The van der Waals surface area contributed by atoms with Crippen molar-refractivity contribution in [3.63, 3.8) is 0 Å². The molecule has 1 atom stereocenters. The quantitative estimate of drug-likeness (QED) is 0.423. The van der Waals surface area contributed by atoms with Gasteiger partial charge in [-0.05, 0) is 48.9 Å². The smallest absolute Gasteiger partial charge is 0.252 e. The summed E-state index contributed by atoms with van der Waals surface area (Å²) < 4.78 is 68.1. The molecule has 4 rings (SSSR count). The lowest BCUT2D eigenvalue weighted by Crippen LogP contribution is -2.50. The molecule has 0 aliphatic heterocycles. The van der Waals surface area contributed by atoms with Crippen molar-refractivity contribution < 1.29 is 26.7 Å². The second-order valence-electron chi connectivity index (χ2n) is 8.38. The van der Waals surface area contributed by atoms with Gasteiger partial charge in [0.15, 0.2) is 0 Å². The van der Waals surface area contributed by atoms with Crippen LogP contribution in [0.15, 0.2) is 48.7 Å². The average molecular weight is 491 g/mol. The summed E-state index contributed by atoms with van der Waals surface area (Å²) in [5.74, 6) is -4.20. The van der Waals surface area contributed by atoms with Crippen LogP contribution < -0.4 is 10.6 Å². The van der Waals surface area contributed by atoms with E-state index >= 15 is 0 Å². The molecule has 2 aromatic heterocycles. The van der Waals surface area contributed by atoms with Gasteiger partial charge in [-0.3, -0.25) is 9.78 Å². The Morgan fingerprint density at radius 1 is 1.09 bits per heavy atom. The fraction of sp³-hybridized carbons (Fsp3) is 0.333. The van der Waals surface area contributed by atoms with Crippen molar-refractivity contribution in [2.24, 2.45) is 0 Å². The molecule has 11 heteroatoms. The summed E-state index contributed by atoms with van der Waals surface area (Å²) in [6, 6.07) is 8.69. The Morgan fingerprint density at radius 3 is 2.57 bits per heavy atom. The van der Waals surface area contributed by atoms with Crippen LogP contribution in [0, 0.1) is 11.6 Å². The van der Waals surface area contributed by atoms with E-state index in [0.29, 0.717) is 5.82 Å². The average Bonchev–Trinajstić information content (AvgIpc) is 2.80. The van der Waals surface area contributed by atoms with Gasteiger partial charge in [-0.2, -0.15) is 0 Å². The third kappa shape index (κ3) is 6.28. The fourth-order valence-corrected chi connectivity index (χ4v) is 3.70. The van der Waals surface area contributed by atoms with Gasteiger partial charge in [0, 0.05) is 49.2 Å². The number of hydrogen-bond donors (Lipinski definition) is 2. The molecule has 6 nitrogen and oxygen atoms in total. The molecule has 0 bridgehead atoms. The summed E-state index contributed by atoms with van der Waals surface area (Å²) in [5.41, 5.74) is 0.357. The van der Waals surface area contributed by atoms with Crippen LogP contribution in [0.5, 0.6) is 0 Å². The third-order valence-electron chi connectivity index (χ3n) is 5.61. The van der Waals surface area contributed by atoms with E-state index in [4.69, 9.17) is 0 Å². The van der Waals surface area contributed by atoms with Gasteiger partial charge in [0.2, 0.25) is 0 Å². The van der Waals surface area contributed by atoms with E-state index < -0.39 is 48.5 Å². The van der Waals surface area contributed by atoms with Crippen LogP contribution in [-0.2, 0) is 6.42 Å². The third-order valence-corrected chi connectivity index (χ3v) is 5.61. The first-order valence-corrected chi connectivity index (χ1v) is 11.0. The molecule has 0 spiro atoms. The zero-order chi connectivity index (χ0) is 25.0. The van der Waals surface area contributed by atoms with Gasteiger partial charge in [-0.1, -0.05) is 0 Å². The van der Waals surface area contributed by atoms with E-state index in [9.17, 15) is 26.7 Å². The van der Waals surface area contributed by atoms with E-state index in [-0.39, 0.29) is 41.9 Å². The number of benzene rings is 1. The van der Waals surface area contributed by atoms with Gasteiger partial charge in [0.25, 0.3) is 11.8 Å². The Labute approximate surface area is 198 Å². The van der Waals surface area contributed by atoms with E-state index in [0.717, 1.165) is 6.07 Å². The van der Waals surface area contributed by atoms with Gasteiger partial charge in [0.05, 0.1) is 11.4 Å². The maximum absolute atomic E-state index is 14.4. The molecule has 1 amide bonds. The van der Waals surface area contributed by atoms with Gasteiger partial charge >= 0.3 is 0 Å². The van der Waals surface area contributed by atoms with Crippen LogP contribution in [0.1, 0.15) is 35.3 Å². The zero-order valence-corrected chi connectivity index (χ0v) is 18.4. The van der Waals surface area contributed by atoms with E-state index in [1.54, 1.807) is 0 Å². The molecule has 2 heterocycles. The highest BCUT2D eigenvalue weighted by atomic mass is 19.3. The zero-order valence-electron chi connectivity index (χ0n) is 18.4. The number of anilines is 1. The predicted molar refractivity (Wildman–Crippen MR) is 119 cm³/mol. The topological polar surface area (TPSA) is 79.8 Å². The molecule has 184 valence electrons. The highest BCUT2D eigenvalue weighted by Crippen LogP contribution is 2.37. The van der Waals surface area contributed by atoms with E-state index in [1.807, 2.05) is 0 Å². The molecule has 1 aliphatic carbocycles. The molecule has 0 unspecified atom stereocenters. The van der Waals surface area contributed by atoms with E-state index in [2.05, 4.69) is 25.8 Å². The summed E-state index contributed by atoms with van der Waals surface area (Å²) in [6.07, 6.45) is -0.815. The predicted octanol–water partition coefficient (Wildman–Crippen LogP) is 4.73. The Balaban J connectivity index is 1.32. The molecule has 2 N–H and O–H groups in total. The number of halogens is 5. The number of pyridine rings is 1. The highest BCUT2D eigenvalue weighted by molar-refractivity contribution is 5.95. The lowest BCUT2D eigenvalue weighted by molar-refractivity contribution is -0.0901. The van der Waals surface area contributed by atoms with Crippen LogP contribution in [0.4, 0.5) is 27.8 Å². The molecule has 1 aliphatic rings. The molecule has 1 aromatic carbocycles. The van der Waals surface area contributed by atoms with Crippen molar-refractivity contribution in [2.75, 3.05) is 11.9 Å². The minimum absolute atomic E-state index is 0.0249. The number of rotatable bonds is 9. The SMILES string of the molecule is O=C(NC1CC(F)(F)C1)c1ccc(F)c(-c2ccc(NCC[C@H](F)Cc3ncccc3F)nn2)c1. The number of alkyl halides is 3. The number of carbonyl (C=O) groups is 1. The van der Waals surface area contributed by atoms with Crippen molar-refractivity contribution in [1.82, 2.24) is 20.5 Å². The lowest BCUT2D eigenvalue weighted by Gasteiger charge is -2.35. The molecular weight excluding hydrogens is 469 g/mol. The maximum atomic E-state index is 14.4. The number of carbonyl (C=O) groups excluding carboxylic acids is 1. The minimum Gasteiger partial charge on any atom is -0.368 e. The fourth-order valence-electron chi connectivity index (χ4n) is 3.70. The summed E-state index contributed by atoms with van der Waals surface area (Å²) >= 11 is 0. The molecule has 0 radical (unpaired) electrons. The van der Waals surface area contributed by atoms with Crippen LogP contribution >= 0.6 is 0 Å². The summed E-state index contributed by atoms with van der Waals surface area (Å²) in [4.78, 5) is 16.2. The molecule has 0 saturated heterocycles. The lowest BCUT2D eigenvalue weighted by atomic mass is 9.88. The monoisotopic (exact) mass is 491 g/mol. The molecule has 35 heavy (non-hydrogen) atoms. The number of nitrogens with one attached hydrogen (secondary N) is 2. The Hall–Kier alpha value is -3.63. The largest absolute Gasteiger partial charge is 0.368 e. The summed E-state index contributed by atoms with van der Waals surface area (Å²) in [7, 11) is 0. The van der Waals surface area contributed by atoms with Crippen molar-refractivity contribution >= 4 is 11.7 Å². The Bertz CT molecular complexity index is 1180. The van der Waals surface area contributed by atoms with Crippen LogP contribution in [0.25, 0.3) is 11.3 Å². The van der Waals surface area contributed by atoms with Gasteiger partial charge in [0.1, 0.15) is 23.6 Å². The number of hydrogen-bond acceptors (Lipinski definition) is 5. The second kappa shape index (κ2) is 10.3. The Kier molecular flexibility index (Phi) is 7.23.